The van der Waals surface area contributed by atoms with Crippen molar-refractivity contribution in [2.24, 2.45) is 10.2 Å². The van der Waals surface area contributed by atoms with Crippen molar-refractivity contribution in [1.82, 2.24) is 10.9 Å². The molecule has 0 saturated carbocycles. The van der Waals surface area contributed by atoms with E-state index >= 15 is 0 Å². The molecule has 0 aliphatic carbocycles. The highest BCUT2D eigenvalue weighted by atomic mass is 16.5. The second kappa shape index (κ2) is 11.1. The quantitative estimate of drug-likeness (QED) is 0.382. The highest BCUT2D eigenvalue weighted by Crippen LogP contribution is 2.27. The lowest BCUT2D eigenvalue weighted by Gasteiger charge is -2.07. The second-order valence-corrected chi connectivity index (χ2v) is 5.63. The third-order valence-electron chi connectivity index (χ3n) is 3.78. The van der Waals surface area contributed by atoms with Gasteiger partial charge in [0, 0.05) is 0 Å². The molecule has 0 atom stereocenters. The lowest BCUT2D eigenvalue weighted by Crippen LogP contribution is -2.35. The summed E-state index contributed by atoms with van der Waals surface area (Å²) in [6, 6.07) is 10.1. The van der Waals surface area contributed by atoms with Crippen molar-refractivity contribution >= 4 is 24.2 Å². The molecule has 10 heteroatoms. The van der Waals surface area contributed by atoms with Crippen LogP contribution in [0.5, 0.6) is 23.0 Å². The molecule has 30 heavy (non-hydrogen) atoms. The van der Waals surface area contributed by atoms with Crippen LogP contribution in [0.25, 0.3) is 0 Å². The van der Waals surface area contributed by atoms with Crippen LogP contribution in [0.15, 0.2) is 46.6 Å². The molecular formula is C20H22N4O6. The second-order valence-electron chi connectivity index (χ2n) is 5.63. The van der Waals surface area contributed by atoms with Crippen LogP contribution in [0.1, 0.15) is 11.1 Å². The number of carbonyl (C=O) groups is 2. The van der Waals surface area contributed by atoms with Crippen LogP contribution in [-0.4, -0.2) is 52.7 Å². The van der Waals surface area contributed by atoms with Crippen LogP contribution in [-0.2, 0) is 9.59 Å². The molecule has 158 valence electrons. The largest absolute Gasteiger partial charge is 0.493 e. The first-order chi connectivity index (χ1) is 14.5. The zero-order chi connectivity index (χ0) is 21.9. The first-order valence-corrected chi connectivity index (χ1v) is 8.62. The van der Waals surface area contributed by atoms with Crippen LogP contribution in [0.2, 0.25) is 0 Å². The standard InChI is InChI=1S/C20H22N4O6/c1-27-15-7-5-13(9-17(15)29-3)11-21-23-19(25)20(26)24-22-12-14-6-8-16(28-2)18(10-14)30-4/h5-12H,1-4H3,(H,23,25)(H,24,26)/b21-11+,22-12+. The molecule has 0 saturated heterocycles. The summed E-state index contributed by atoms with van der Waals surface area (Å²) in [5.74, 6) is 0.188. The number of amides is 2. The number of nitrogens with zero attached hydrogens (tertiary/aromatic N) is 2. The summed E-state index contributed by atoms with van der Waals surface area (Å²) in [5.41, 5.74) is 5.51. The SMILES string of the molecule is COc1ccc(/C=N/NC(=O)C(=O)N/N=C/c2ccc(OC)c(OC)c2)cc1OC. The van der Waals surface area contributed by atoms with Crippen molar-refractivity contribution in [2.75, 3.05) is 28.4 Å². The van der Waals surface area contributed by atoms with Crippen molar-refractivity contribution in [3.05, 3.63) is 47.5 Å². The molecule has 0 radical (unpaired) electrons. The number of hydrogen-bond donors (Lipinski definition) is 2. The van der Waals surface area contributed by atoms with E-state index in [1.54, 1.807) is 36.4 Å². The molecule has 0 aliphatic heterocycles. The maximum Gasteiger partial charge on any atom is 0.331 e. The highest BCUT2D eigenvalue weighted by Gasteiger charge is 2.11. The number of rotatable bonds is 8. The summed E-state index contributed by atoms with van der Waals surface area (Å²) < 4.78 is 20.6. The topological polar surface area (TPSA) is 120 Å². The summed E-state index contributed by atoms with van der Waals surface area (Å²) >= 11 is 0. The van der Waals surface area contributed by atoms with E-state index in [0.717, 1.165) is 0 Å². The Hall–Kier alpha value is -4.08. The predicted molar refractivity (Wildman–Crippen MR) is 111 cm³/mol. The van der Waals surface area contributed by atoms with E-state index < -0.39 is 11.8 Å². The van der Waals surface area contributed by atoms with Crippen molar-refractivity contribution in [1.29, 1.82) is 0 Å². The Morgan fingerprint density at radius 3 is 1.37 bits per heavy atom. The van der Waals surface area contributed by atoms with Crippen LogP contribution in [0.3, 0.4) is 0 Å². The summed E-state index contributed by atoms with van der Waals surface area (Å²) in [5, 5.41) is 7.47. The van der Waals surface area contributed by atoms with Gasteiger partial charge in [-0.2, -0.15) is 10.2 Å². The van der Waals surface area contributed by atoms with Gasteiger partial charge in [-0.3, -0.25) is 9.59 Å². The summed E-state index contributed by atoms with van der Waals surface area (Å²) in [4.78, 5) is 23.6. The fourth-order valence-electron chi connectivity index (χ4n) is 2.30. The van der Waals surface area contributed by atoms with Crippen molar-refractivity contribution in [3.8, 4) is 23.0 Å². The van der Waals surface area contributed by atoms with E-state index in [-0.39, 0.29) is 0 Å². The van der Waals surface area contributed by atoms with Crippen molar-refractivity contribution < 1.29 is 28.5 Å². The summed E-state index contributed by atoms with van der Waals surface area (Å²) in [7, 11) is 6.07. The van der Waals surface area contributed by atoms with Crippen LogP contribution < -0.4 is 29.8 Å². The van der Waals surface area contributed by atoms with E-state index in [0.29, 0.717) is 34.1 Å². The maximum absolute atomic E-state index is 11.8. The van der Waals surface area contributed by atoms with E-state index in [9.17, 15) is 9.59 Å². The van der Waals surface area contributed by atoms with Crippen molar-refractivity contribution in [3.63, 3.8) is 0 Å². The summed E-state index contributed by atoms with van der Waals surface area (Å²) in [6.45, 7) is 0. The Morgan fingerprint density at radius 1 is 0.667 bits per heavy atom. The van der Waals surface area contributed by atoms with Crippen LogP contribution in [0, 0.1) is 0 Å². The zero-order valence-corrected chi connectivity index (χ0v) is 17.0. The van der Waals surface area contributed by atoms with Gasteiger partial charge in [0.1, 0.15) is 0 Å². The van der Waals surface area contributed by atoms with Gasteiger partial charge in [-0.1, -0.05) is 0 Å². The minimum atomic E-state index is -0.976. The lowest BCUT2D eigenvalue weighted by molar-refractivity contribution is -0.139. The number of carbonyl (C=O) groups excluding carboxylic acids is 2. The molecule has 0 spiro atoms. The van der Waals surface area contributed by atoms with Gasteiger partial charge in [0.25, 0.3) is 0 Å². The first kappa shape index (κ1) is 22.2. The number of hydrogen-bond acceptors (Lipinski definition) is 8. The lowest BCUT2D eigenvalue weighted by atomic mass is 10.2. The number of methoxy groups -OCH3 is 4. The van der Waals surface area contributed by atoms with Gasteiger partial charge < -0.3 is 18.9 Å². The molecule has 2 rings (SSSR count). The van der Waals surface area contributed by atoms with Crippen LogP contribution in [0.4, 0.5) is 0 Å². The third kappa shape index (κ3) is 5.96. The molecule has 10 nitrogen and oxygen atoms in total. The molecule has 0 aromatic heterocycles. The maximum atomic E-state index is 11.8. The minimum absolute atomic E-state index is 0.509. The van der Waals surface area contributed by atoms with Gasteiger partial charge in [0.05, 0.1) is 40.9 Å². The molecule has 2 aromatic rings. The van der Waals surface area contributed by atoms with E-state index in [4.69, 9.17) is 18.9 Å². The zero-order valence-electron chi connectivity index (χ0n) is 17.0. The highest BCUT2D eigenvalue weighted by molar-refractivity contribution is 6.35. The number of hydrazone groups is 2. The Balaban J connectivity index is 1.90. The van der Waals surface area contributed by atoms with Gasteiger partial charge in [-0.05, 0) is 47.5 Å². The number of ether oxygens (including phenoxy) is 4. The average Bonchev–Trinajstić information content (AvgIpc) is 2.78. The molecule has 0 heterocycles. The summed E-state index contributed by atoms with van der Waals surface area (Å²) in [6.07, 6.45) is 2.72. The monoisotopic (exact) mass is 414 g/mol. The third-order valence-corrected chi connectivity index (χ3v) is 3.78. The van der Waals surface area contributed by atoms with Gasteiger partial charge in [-0.25, -0.2) is 10.9 Å². The fraction of sp³-hybridized carbons (Fsp3) is 0.200. The van der Waals surface area contributed by atoms with Gasteiger partial charge >= 0.3 is 11.8 Å². The first-order valence-electron chi connectivity index (χ1n) is 8.62. The molecule has 2 aromatic carbocycles. The fourth-order valence-corrected chi connectivity index (χ4v) is 2.30. The molecule has 0 bridgehead atoms. The van der Waals surface area contributed by atoms with E-state index in [1.165, 1.54) is 40.9 Å². The molecule has 2 N–H and O–H groups in total. The van der Waals surface area contributed by atoms with Crippen molar-refractivity contribution in [2.45, 2.75) is 0 Å². The Morgan fingerprint density at radius 2 is 1.03 bits per heavy atom. The van der Waals surface area contributed by atoms with E-state index in [1.807, 2.05) is 0 Å². The van der Waals surface area contributed by atoms with Gasteiger partial charge in [-0.15, -0.1) is 0 Å². The Labute approximate surface area is 173 Å². The normalized spacial score (nSPS) is 10.7. The van der Waals surface area contributed by atoms with Gasteiger partial charge in [0.2, 0.25) is 0 Å². The molecular weight excluding hydrogens is 392 g/mol. The molecule has 0 aliphatic rings. The Kier molecular flexibility index (Phi) is 8.18. The molecule has 2 amide bonds. The van der Waals surface area contributed by atoms with Crippen LogP contribution >= 0.6 is 0 Å². The average molecular weight is 414 g/mol. The smallest absolute Gasteiger partial charge is 0.331 e. The molecule has 0 fully saturated rings. The number of benzene rings is 2. The van der Waals surface area contributed by atoms with Gasteiger partial charge in [0.15, 0.2) is 23.0 Å². The Bertz CT molecular complexity index is 881. The molecule has 0 unspecified atom stereocenters. The number of nitrogens with one attached hydrogen (secondary N) is 2. The minimum Gasteiger partial charge on any atom is -0.493 e. The predicted octanol–water partition coefficient (Wildman–Crippen LogP) is 1.32. The van der Waals surface area contributed by atoms with E-state index in [2.05, 4.69) is 21.1 Å².